The number of nitrogens with zero attached hydrogens (tertiary/aromatic N) is 1. The van der Waals surface area contributed by atoms with Gasteiger partial charge >= 0.3 is 0 Å². The first kappa shape index (κ1) is 32.0. The Morgan fingerprint density at radius 2 is 0.698 bits per heavy atom. The predicted octanol–water partition coefficient (Wildman–Crippen LogP) is 14.6. The molecular weight excluding hydrogens is 639 g/mol. The molecule has 0 fully saturated rings. The minimum absolute atomic E-state index is 1.09. The zero-order valence-corrected chi connectivity index (χ0v) is 29.3. The van der Waals surface area contributed by atoms with Gasteiger partial charge in [0, 0.05) is 17.1 Å². The van der Waals surface area contributed by atoms with E-state index in [1.54, 1.807) is 0 Å². The molecule has 0 bridgehead atoms. The first-order chi connectivity index (χ1) is 26.3. The maximum absolute atomic E-state index is 2.36. The standard InChI is InChI=1S/C52H37N/c1-5-17-38(18-6-1)44-36-50(40-19-7-2-8-20-40)52(51(37-44)41-21-9-3-10-22-41)43-25-15-28-47(35-43)53(45-26-11-4-12-27-45)46-33-31-42(32-34-46)49-30-16-24-39-23-13-14-29-48(39)49/h1-37H. The zero-order chi connectivity index (χ0) is 35.4. The number of anilines is 3. The SMILES string of the molecule is c1ccc(-c2cc(-c3ccccc3)c(-c3cccc(N(c4ccccc4)c4ccc(-c5cccc6ccccc56)cc4)c3)c(-c3ccccc3)c2)cc1. The molecule has 0 atom stereocenters. The Kier molecular flexibility index (Phi) is 8.66. The number of fused-ring (bicyclic) bond motifs is 1. The third-order valence-corrected chi connectivity index (χ3v) is 10.0. The second-order valence-electron chi connectivity index (χ2n) is 13.3. The average Bonchev–Trinajstić information content (AvgIpc) is 3.25. The molecule has 0 amide bonds. The van der Waals surface area contributed by atoms with E-state index in [1.165, 1.54) is 60.8 Å². The van der Waals surface area contributed by atoms with Crippen molar-refractivity contribution in [2.24, 2.45) is 0 Å². The summed E-state index contributed by atoms with van der Waals surface area (Å²) in [6, 6.07) is 80.8. The minimum atomic E-state index is 1.09. The summed E-state index contributed by atoms with van der Waals surface area (Å²) in [5, 5.41) is 2.51. The summed E-state index contributed by atoms with van der Waals surface area (Å²) < 4.78 is 0. The van der Waals surface area contributed by atoms with Crippen LogP contribution in [0.3, 0.4) is 0 Å². The summed E-state index contributed by atoms with van der Waals surface area (Å²) in [4.78, 5) is 2.36. The van der Waals surface area contributed by atoms with Gasteiger partial charge in [-0.25, -0.2) is 0 Å². The molecule has 53 heavy (non-hydrogen) atoms. The van der Waals surface area contributed by atoms with Crippen LogP contribution in [0.15, 0.2) is 224 Å². The van der Waals surface area contributed by atoms with Crippen LogP contribution in [0.25, 0.3) is 66.4 Å². The van der Waals surface area contributed by atoms with E-state index in [0.717, 1.165) is 22.6 Å². The molecule has 250 valence electrons. The largest absolute Gasteiger partial charge is 0.310 e. The number of para-hydroxylation sites is 1. The van der Waals surface area contributed by atoms with Crippen LogP contribution >= 0.6 is 0 Å². The molecule has 0 saturated heterocycles. The Balaban J connectivity index is 1.22. The van der Waals surface area contributed by atoms with Crippen LogP contribution in [-0.4, -0.2) is 0 Å². The summed E-state index contributed by atoms with van der Waals surface area (Å²) in [6.45, 7) is 0. The van der Waals surface area contributed by atoms with Crippen molar-refractivity contribution in [1.29, 1.82) is 0 Å². The lowest BCUT2D eigenvalue weighted by atomic mass is 9.84. The van der Waals surface area contributed by atoms with Gasteiger partial charge < -0.3 is 4.90 Å². The molecule has 0 saturated carbocycles. The molecule has 9 aromatic carbocycles. The third-order valence-electron chi connectivity index (χ3n) is 10.0. The van der Waals surface area contributed by atoms with Crippen LogP contribution in [0.4, 0.5) is 17.1 Å². The van der Waals surface area contributed by atoms with Crippen molar-refractivity contribution in [3.05, 3.63) is 224 Å². The Morgan fingerprint density at radius 1 is 0.245 bits per heavy atom. The lowest BCUT2D eigenvalue weighted by molar-refractivity contribution is 1.28. The van der Waals surface area contributed by atoms with Crippen LogP contribution < -0.4 is 4.90 Å². The highest BCUT2D eigenvalue weighted by molar-refractivity contribution is 5.99. The minimum Gasteiger partial charge on any atom is -0.310 e. The lowest BCUT2D eigenvalue weighted by Crippen LogP contribution is -2.10. The zero-order valence-electron chi connectivity index (χ0n) is 29.3. The van der Waals surface area contributed by atoms with Crippen LogP contribution in [0, 0.1) is 0 Å². The molecule has 0 unspecified atom stereocenters. The molecule has 0 N–H and O–H groups in total. The fraction of sp³-hybridized carbons (Fsp3) is 0. The first-order valence-corrected chi connectivity index (χ1v) is 18.2. The number of hydrogen-bond donors (Lipinski definition) is 0. The highest BCUT2D eigenvalue weighted by Crippen LogP contribution is 2.45. The maximum Gasteiger partial charge on any atom is 0.0467 e. The van der Waals surface area contributed by atoms with Gasteiger partial charge in [0.25, 0.3) is 0 Å². The Hall–Kier alpha value is -6.96. The van der Waals surface area contributed by atoms with Crippen molar-refractivity contribution in [3.63, 3.8) is 0 Å². The highest BCUT2D eigenvalue weighted by atomic mass is 15.1. The van der Waals surface area contributed by atoms with Crippen molar-refractivity contribution in [1.82, 2.24) is 0 Å². The summed E-state index contributed by atoms with van der Waals surface area (Å²) in [5.74, 6) is 0. The van der Waals surface area contributed by atoms with E-state index in [9.17, 15) is 0 Å². The average molecular weight is 676 g/mol. The molecule has 1 nitrogen and oxygen atoms in total. The molecule has 9 aromatic rings. The summed E-state index contributed by atoms with van der Waals surface area (Å²) in [7, 11) is 0. The van der Waals surface area contributed by atoms with Crippen LogP contribution in [0.5, 0.6) is 0 Å². The fourth-order valence-corrected chi connectivity index (χ4v) is 7.53. The summed E-state index contributed by atoms with van der Waals surface area (Å²) >= 11 is 0. The van der Waals surface area contributed by atoms with Gasteiger partial charge in [-0.1, -0.05) is 176 Å². The van der Waals surface area contributed by atoms with E-state index >= 15 is 0 Å². The molecule has 0 radical (unpaired) electrons. The third kappa shape index (κ3) is 6.42. The van der Waals surface area contributed by atoms with E-state index in [4.69, 9.17) is 0 Å². The molecule has 0 aliphatic carbocycles. The Bertz CT molecular complexity index is 2560. The van der Waals surface area contributed by atoms with E-state index in [0.29, 0.717) is 0 Å². The van der Waals surface area contributed by atoms with Crippen LogP contribution in [0.1, 0.15) is 0 Å². The number of rotatable bonds is 8. The van der Waals surface area contributed by atoms with Gasteiger partial charge in [-0.15, -0.1) is 0 Å². The normalized spacial score (nSPS) is 11.0. The second-order valence-corrected chi connectivity index (χ2v) is 13.3. The maximum atomic E-state index is 2.36. The monoisotopic (exact) mass is 675 g/mol. The van der Waals surface area contributed by atoms with Crippen molar-refractivity contribution in [3.8, 4) is 55.6 Å². The molecule has 0 aliphatic rings. The molecule has 0 heterocycles. The van der Waals surface area contributed by atoms with Crippen molar-refractivity contribution < 1.29 is 0 Å². The fourth-order valence-electron chi connectivity index (χ4n) is 7.53. The van der Waals surface area contributed by atoms with Crippen molar-refractivity contribution >= 4 is 27.8 Å². The molecule has 0 aromatic heterocycles. The molecule has 9 rings (SSSR count). The lowest BCUT2D eigenvalue weighted by Gasteiger charge is -2.27. The van der Waals surface area contributed by atoms with E-state index in [2.05, 4.69) is 229 Å². The number of benzene rings is 9. The molecule has 1 heteroatoms. The smallest absolute Gasteiger partial charge is 0.0467 e. The van der Waals surface area contributed by atoms with E-state index in [1.807, 2.05) is 0 Å². The topological polar surface area (TPSA) is 3.24 Å². The highest BCUT2D eigenvalue weighted by Gasteiger charge is 2.20. The molecular formula is C52H37N. The first-order valence-electron chi connectivity index (χ1n) is 18.2. The Morgan fingerprint density at radius 3 is 1.34 bits per heavy atom. The van der Waals surface area contributed by atoms with Gasteiger partial charge in [-0.3, -0.25) is 0 Å². The van der Waals surface area contributed by atoms with Gasteiger partial charge in [0.05, 0.1) is 0 Å². The van der Waals surface area contributed by atoms with Gasteiger partial charge in [0.15, 0.2) is 0 Å². The van der Waals surface area contributed by atoms with Crippen LogP contribution in [-0.2, 0) is 0 Å². The molecule has 0 spiro atoms. The van der Waals surface area contributed by atoms with Crippen molar-refractivity contribution in [2.45, 2.75) is 0 Å². The van der Waals surface area contributed by atoms with E-state index in [-0.39, 0.29) is 0 Å². The van der Waals surface area contributed by atoms with Gasteiger partial charge in [-0.05, 0) is 115 Å². The van der Waals surface area contributed by atoms with Gasteiger partial charge in [0.1, 0.15) is 0 Å². The molecule has 0 aliphatic heterocycles. The predicted molar refractivity (Wildman–Crippen MR) is 226 cm³/mol. The summed E-state index contributed by atoms with van der Waals surface area (Å²) in [6.07, 6.45) is 0. The summed E-state index contributed by atoms with van der Waals surface area (Å²) in [5.41, 5.74) is 15.3. The van der Waals surface area contributed by atoms with Gasteiger partial charge in [-0.2, -0.15) is 0 Å². The van der Waals surface area contributed by atoms with Crippen molar-refractivity contribution in [2.75, 3.05) is 4.90 Å². The quantitative estimate of drug-likeness (QED) is 0.155. The second kappa shape index (κ2) is 14.3. The van der Waals surface area contributed by atoms with Crippen LogP contribution in [0.2, 0.25) is 0 Å². The Labute approximate surface area is 311 Å². The van der Waals surface area contributed by atoms with Gasteiger partial charge in [0.2, 0.25) is 0 Å². The number of hydrogen-bond acceptors (Lipinski definition) is 1. The van der Waals surface area contributed by atoms with E-state index < -0.39 is 0 Å².